The summed E-state index contributed by atoms with van der Waals surface area (Å²) in [5.41, 5.74) is 6.20. The van der Waals surface area contributed by atoms with Gasteiger partial charge in [0.25, 0.3) is 5.91 Å². The molecule has 0 unspecified atom stereocenters. The zero-order chi connectivity index (χ0) is 38.2. The van der Waals surface area contributed by atoms with Gasteiger partial charge in [0.1, 0.15) is 42.6 Å². The van der Waals surface area contributed by atoms with Crippen LogP contribution in [0, 0.1) is 25.2 Å². The number of carboxylic acid groups (broad SMARTS) is 1. The maximum atomic E-state index is 13.9. The van der Waals surface area contributed by atoms with Crippen LogP contribution in [0.3, 0.4) is 0 Å². The lowest BCUT2D eigenvalue weighted by molar-refractivity contribution is -0.143. The second-order valence-corrected chi connectivity index (χ2v) is 14.3. The van der Waals surface area contributed by atoms with Crippen LogP contribution in [0.15, 0.2) is 67.0 Å². The number of aliphatic carboxylic acids is 1. The predicted octanol–water partition coefficient (Wildman–Crippen LogP) is 6.96. The van der Waals surface area contributed by atoms with E-state index in [0.717, 1.165) is 66.0 Å². The third kappa shape index (κ3) is 9.13. The molecule has 2 N–H and O–H groups in total. The number of β-amino-alcohol motifs (C(OH)–C–C–N with tert-alkyl or cyclic N) is 1. The van der Waals surface area contributed by atoms with E-state index >= 15 is 0 Å². The van der Waals surface area contributed by atoms with Gasteiger partial charge in [-0.2, -0.15) is 5.26 Å². The third-order valence-corrected chi connectivity index (χ3v) is 10.5. The highest BCUT2D eigenvalue weighted by molar-refractivity contribution is 6.32. The summed E-state index contributed by atoms with van der Waals surface area (Å²) in [6.07, 6.45) is 6.26. The number of pyridine rings is 1. The van der Waals surface area contributed by atoms with Crippen molar-refractivity contribution in [1.29, 1.82) is 5.26 Å². The average molecular weight is 753 g/mol. The number of carbonyl (C=O) groups excluding carboxylic acids is 1. The third-order valence-electron chi connectivity index (χ3n) is 10.2. The first kappa shape index (κ1) is 38.6. The maximum absolute atomic E-state index is 13.9. The summed E-state index contributed by atoms with van der Waals surface area (Å²) >= 11 is 6.77. The summed E-state index contributed by atoms with van der Waals surface area (Å²) in [5, 5.41) is 29.2. The Hall–Kier alpha value is -5.15. The number of nitriles is 1. The summed E-state index contributed by atoms with van der Waals surface area (Å²) in [6, 6.07) is 17.9. The Balaban J connectivity index is 1.21. The SMILES string of the molecule is Cc1c(COc2cc(OCc3cncc(C#N)c3)c(C(=O)N3CCCC[C@H]3C(=O)O)cc2Cl)cccc1-c1cccc(OCCCN2CC[C@@H](O)C2)c1C. The molecule has 0 radical (unpaired) electrons. The molecule has 3 heterocycles. The normalized spacial score (nSPS) is 17.2. The van der Waals surface area contributed by atoms with Gasteiger partial charge in [0, 0.05) is 50.2 Å². The van der Waals surface area contributed by atoms with Crippen molar-refractivity contribution in [3.63, 3.8) is 0 Å². The molecule has 4 aromatic rings. The molecule has 2 aliphatic heterocycles. The van der Waals surface area contributed by atoms with Gasteiger partial charge in [-0.1, -0.05) is 41.9 Å². The van der Waals surface area contributed by atoms with E-state index in [2.05, 4.69) is 35.0 Å². The topological polar surface area (TPSA) is 145 Å². The van der Waals surface area contributed by atoms with Gasteiger partial charge in [-0.25, -0.2) is 4.79 Å². The van der Waals surface area contributed by atoms with Crippen LogP contribution < -0.4 is 14.2 Å². The lowest BCUT2D eigenvalue weighted by Crippen LogP contribution is -2.48. The molecule has 6 rings (SSSR count). The standard InChI is InChI=1S/C42H45ClN4O7/c1-27-31(8-5-9-33(27)34-10-6-12-38(28(34)2)52-17-7-14-46-16-13-32(48)24-46)26-54-40-20-39(53-25-30-18-29(21-44)22-45-23-30)35(19-36(40)43)41(49)47-15-4-3-11-37(47)42(50)51/h5-6,8-10,12,18-20,22-23,32,37,48H,3-4,7,11,13-17,24-26H2,1-2H3,(H,50,51)/t32-,37+/m1/s1. The largest absolute Gasteiger partial charge is 0.493 e. The van der Waals surface area contributed by atoms with Gasteiger partial charge in [-0.15, -0.1) is 0 Å². The van der Waals surface area contributed by atoms with Crippen molar-refractivity contribution in [2.24, 2.45) is 0 Å². The Morgan fingerprint density at radius 1 is 0.926 bits per heavy atom. The van der Waals surface area contributed by atoms with Crippen LogP contribution in [0.25, 0.3) is 11.1 Å². The molecule has 2 fully saturated rings. The van der Waals surface area contributed by atoms with Crippen molar-refractivity contribution < 1.29 is 34.0 Å². The number of halogens is 1. The number of piperidine rings is 1. The number of amides is 1. The fourth-order valence-corrected chi connectivity index (χ4v) is 7.36. The number of carboxylic acids is 1. The van der Waals surface area contributed by atoms with Gasteiger partial charge in [0.2, 0.25) is 0 Å². The zero-order valence-corrected chi connectivity index (χ0v) is 31.3. The number of ether oxygens (including phenoxy) is 3. The highest BCUT2D eigenvalue weighted by atomic mass is 35.5. The van der Waals surface area contributed by atoms with E-state index in [1.54, 1.807) is 18.3 Å². The van der Waals surface area contributed by atoms with E-state index in [9.17, 15) is 25.1 Å². The number of benzene rings is 3. The first-order valence-electron chi connectivity index (χ1n) is 18.3. The number of aromatic nitrogens is 1. The van der Waals surface area contributed by atoms with E-state index in [1.807, 2.05) is 31.2 Å². The number of carbonyl (C=O) groups is 2. The highest BCUT2D eigenvalue weighted by Crippen LogP contribution is 2.37. The Bertz CT molecular complexity index is 2030. The summed E-state index contributed by atoms with van der Waals surface area (Å²) in [7, 11) is 0. The van der Waals surface area contributed by atoms with Crippen LogP contribution >= 0.6 is 11.6 Å². The average Bonchev–Trinajstić information content (AvgIpc) is 3.60. The van der Waals surface area contributed by atoms with E-state index in [4.69, 9.17) is 25.8 Å². The lowest BCUT2D eigenvalue weighted by Gasteiger charge is -2.33. The quantitative estimate of drug-likeness (QED) is 0.130. The van der Waals surface area contributed by atoms with Crippen LogP contribution in [0.2, 0.25) is 5.02 Å². The Morgan fingerprint density at radius 2 is 1.70 bits per heavy atom. The summed E-state index contributed by atoms with van der Waals surface area (Å²) in [6.45, 7) is 7.71. The van der Waals surface area contributed by atoms with E-state index in [0.29, 0.717) is 49.3 Å². The van der Waals surface area contributed by atoms with Crippen molar-refractivity contribution in [2.45, 2.75) is 71.3 Å². The first-order valence-corrected chi connectivity index (χ1v) is 18.7. The molecule has 54 heavy (non-hydrogen) atoms. The molecule has 3 aromatic carbocycles. The van der Waals surface area contributed by atoms with Gasteiger partial charge in [0.05, 0.1) is 28.9 Å². The zero-order valence-electron chi connectivity index (χ0n) is 30.6. The molecule has 2 aliphatic rings. The number of rotatable bonds is 14. The van der Waals surface area contributed by atoms with Crippen molar-refractivity contribution >= 4 is 23.5 Å². The molecular weight excluding hydrogens is 708 g/mol. The fraction of sp³-hybridized carbons (Fsp3) is 0.381. The number of hydrogen-bond donors (Lipinski definition) is 2. The van der Waals surface area contributed by atoms with Gasteiger partial charge in [-0.3, -0.25) is 9.78 Å². The molecule has 2 saturated heterocycles. The maximum Gasteiger partial charge on any atom is 0.326 e. The highest BCUT2D eigenvalue weighted by Gasteiger charge is 2.34. The van der Waals surface area contributed by atoms with Crippen LogP contribution in [0.1, 0.15) is 70.3 Å². The first-order chi connectivity index (χ1) is 26.1. The second-order valence-electron chi connectivity index (χ2n) is 13.9. The number of likely N-dealkylation sites (tertiary alicyclic amines) is 2. The Morgan fingerprint density at radius 3 is 2.46 bits per heavy atom. The lowest BCUT2D eigenvalue weighted by atomic mass is 9.93. The van der Waals surface area contributed by atoms with Gasteiger partial charge in [-0.05, 0) is 92.0 Å². The van der Waals surface area contributed by atoms with E-state index in [-0.39, 0.29) is 35.7 Å². The minimum atomic E-state index is -1.06. The predicted molar refractivity (Wildman–Crippen MR) is 204 cm³/mol. The number of nitrogens with zero attached hydrogens (tertiary/aromatic N) is 4. The van der Waals surface area contributed by atoms with Crippen molar-refractivity contribution in [3.8, 4) is 34.4 Å². The molecule has 0 aliphatic carbocycles. The molecule has 12 heteroatoms. The van der Waals surface area contributed by atoms with Gasteiger partial charge < -0.3 is 34.2 Å². The van der Waals surface area contributed by atoms with Crippen LogP contribution in [-0.2, 0) is 18.0 Å². The molecular formula is C42H45ClN4O7. The molecule has 1 aromatic heterocycles. The molecule has 0 bridgehead atoms. The number of aliphatic hydroxyl groups is 1. The monoisotopic (exact) mass is 752 g/mol. The summed E-state index contributed by atoms with van der Waals surface area (Å²) in [5.74, 6) is -0.254. The molecule has 1 amide bonds. The van der Waals surface area contributed by atoms with Gasteiger partial charge in [0.15, 0.2) is 0 Å². The van der Waals surface area contributed by atoms with Crippen molar-refractivity contribution in [2.75, 3.05) is 32.8 Å². The summed E-state index contributed by atoms with van der Waals surface area (Å²) < 4.78 is 18.7. The van der Waals surface area contributed by atoms with Crippen LogP contribution in [0.4, 0.5) is 0 Å². The Labute approximate surface area is 320 Å². The van der Waals surface area contributed by atoms with Gasteiger partial charge >= 0.3 is 5.97 Å². The second kappa shape index (κ2) is 17.8. The van der Waals surface area contributed by atoms with Crippen LogP contribution in [0.5, 0.6) is 17.2 Å². The molecule has 282 valence electrons. The van der Waals surface area contributed by atoms with Crippen LogP contribution in [-0.4, -0.2) is 81.8 Å². The fourth-order valence-electron chi connectivity index (χ4n) is 7.14. The minimum Gasteiger partial charge on any atom is -0.493 e. The smallest absolute Gasteiger partial charge is 0.326 e. The Kier molecular flexibility index (Phi) is 12.7. The minimum absolute atomic E-state index is 0.00189. The number of hydrogen-bond acceptors (Lipinski definition) is 9. The van der Waals surface area contributed by atoms with E-state index < -0.39 is 17.9 Å². The van der Waals surface area contributed by atoms with Crippen molar-refractivity contribution in [3.05, 3.63) is 105 Å². The van der Waals surface area contributed by atoms with E-state index in [1.165, 1.54) is 17.2 Å². The number of aliphatic hydroxyl groups excluding tert-OH is 1. The molecule has 11 nitrogen and oxygen atoms in total. The summed E-state index contributed by atoms with van der Waals surface area (Å²) in [4.78, 5) is 33.7. The molecule has 0 saturated carbocycles. The van der Waals surface area contributed by atoms with Crippen molar-refractivity contribution in [1.82, 2.24) is 14.8 Å². The molecule has 2 atom stereocenters. The molecule has 0 spiro atoms.